The van der Waals surface area contributed by atoms with Gasteiger partial charge in [-0.3, -0.25) is 4.79 Å². The zero-order valence-corrected chi connectivity index (χ0v) is 10.9. The van der Waals surface area contributed by atoms with Crippen LogP contribution in [0.4, 0.5) is 0 Å². The number of ether oxygens (including phenoxy) is 1. The minimum Gasteiger partial charge on any atom is -0.488 e. The SMILES string of the molecule is C#CCS(=O)(=O)Cc1cc(=O)c(OCCC)c[nH]1. The van der Waals surface area contributed by atoms with Crippen molar-refractivity contribution in [2.45, 2.75) is 19.1 Å². The van der Waals surface area contributed by atoms with Crippen molar-refractivity contribution < 1.29 is 13.2 Å². The molecule has 6 heteroatoms. The van der Waals surface area contributed by atoms with E-state index in [2.05, 4.69) is 10.9 Å². The lowest BCUT2D eigenvalue weighted by molar-refractivity contribution is 0.313. The van der Waals surface area contributed by atoms with Gasteiger partial charge >= 0.3 is 0 Å². The summed E-state index contributed by atoms with van der Waals surface area (Å²) in [5, 5.41) is 0. The van der Waals surface area contributed by atoms with Crippen molar-refractivity contribution in [3.05, 3.63) is 28.2 Å². The van der Waals surface area contributed by atoms with Gasteiger partial charge in [0.05, 0.1) is 12.4 Å². The van der Waals surface area contributed by atoms with Gasteiger partial charge < -0.3 is 9.72 Å². The van der Waals surface area contributed by atoms with Crippen LogP contribution in [0.15, 0.2) is 17.1 Å². The number of hydrogen-bond acceptors (Lipinski definition) is 4. The van der Waals surface area contributed by atoms with E-state index in [1.165, 1.54) is 12.3 Å². The second kappa shape index (κ2) is 6.26. The van der Waals surface area contributed by atoms with Crippen LogP contribution in [0.2, 0.25) is 0 Å². The first kappa shape index (κ1) is 14.3. The van der Waals surface area contributed by atoms with E-state index in [0.717, 1.165) is 6.42 Å². The molecule has 1 aromatic rings. The third-order valence-electron chi connectivity index (χ3n) is 2.08. The van der Waals surface area contributed by atoms with Gasteiger partial charge in [0, 0.05) is 18.0 Å². The topological polar surface area (TPSA) is 76.2 Å². The van der Waals surface area contributed by atoms with E-state index in [1.807, 2.05) is 6.92 Å². The molecule has 0 amide bonds. The Morgan fingerprint density at radius 1 is 1.50 bits per heavy atom. The van der Waals surface area contributed by atoms with Gasteiger partial charge in [-0.15, -0.1) is 6.42 Å². The Morgan fingerprint density at radius 3 is 2.78 bits per heavy atom. The van der Waals surface area contributed by atoms with Crippen LogP contribution >= 0.6 is 0 Å². The maximum Gasteiger partial charge on any atom is 0.223 e. The van der Waals surface area contributed by atoms with E-state index in [4.69, 9.17) is 11.2 Å². The maximum absolute atomic E-state index is 11.6. The van der Waals surface area contributed by atoms with E-state index >= 15 is 0 Å². The summed E-state index contributed by atoms with van der Waals surface area (Å²) in [6.45, 7) is 2.37. The molecule has 0 radical (unpaired) electrons. The fraction of sp³-hybridized carbons (Fsp3) is 0.417. The molecular formula is C12H15NO4S. The Kier molecular flexibility index (Phi) is 4.98. The Labute approximate surface area is 106 Å². The van der Waals surface area contributed by atoms with Crippen LogP contribution in [0.3, 0.4) is 0 Å². The van der Waals surface area contributed by atoms with Gasteiger partial charge in [-0.25, -0.2) is 8.42 Å². The van der Waals surface area contributed by atoms with Crippen molar-refractivity contribution >= 4 is 9.84 Å². The molecule has 5 nitrogen and oxygen atoms in total. The number of hydrogen-bond donors (Lipinski definition) is 1. The highest BCUT2D eigenvalue weighted by Gasteiger charge is 2.12. The zero-order valence-electron chi connectivity index (χ0n) is 10.1. The van der Waals surface area contributed by atoms with Crippen LogP contribution in [0, 0.1) is 12.3 Å². The number of pyridine rings is 1. The number of terminal acetylenes is 1. The predicted molar refractivity (Wildman–Crippen MR) is 69.2 cm³/mol. The Bertz CT molecular complexity index is 595. The molecule has 0 aliphatic heterocycles. The number of H-pyrrole nitrogens is 1. The largest absolute Gasteiger partial charge is 0.488 e. The van der Waals surface area contributed by atoms with Crippen LogP contribution in [0.1, 0.15) is 19.0 Å². The van der Waals surface area contributed by atoms with E-state index in [9.17, 15) is 13.2 Å². The highest BCUT2D eigenvalue weighted by Crippen LogP contribution is 2.06. The quantitative estimate of drug-likeness (QED) is 0.772. The molecule has 0 spiro atoms. The molecule has 1 N–H and O–H groups in total. The summed E-state index contributed by atoms with van der Waals surface area (Å²) in [7, 11) is -3.38. The Morgan fingerprint density at radius 2 is 2.22 bits per heavy atom. The van der Waals surface area contributed by atoms with Crippen LogP contribution in [0.5, 0.6) is 5.75 Å². The standard InChI is InChI=1S/C12H15NO4S/c1-3-5-17-12-8-13-10(7-11(12)14)9-18(15,16)6-4-2/h2,7-8H,3,5-6,9H2,1H3,(H,13,14). The van der Waals surface area contributed by atoms with Crippen LogP contribution in [-0.2, 0) is 15.6 Å². The lowest BCUT2D eigenvalue weighted by atomic mass is 10.3. The van der Waals surface area contributed by atoms with Gasteiger partial charge in [0.15, 0.2) is 15.6 Å². The van der Waals surface area contributed by atoms with Crippen LogP contribution in [0.25, 0.3) is 0 Å². The molecule has 0 aromatic carbocycles. The lowest BCUT2D eigenvalue weighted by Crippen LogP contribution is -2.14. The first-order chi connectivity index (χ1) is 8.48. The molecule has 0 bridgehead atoms. The number of rotatable bonds is 6. The molecule has 1 aromatic heterocycles. The third kappa shape index (κ3) is 4.26. The molecule has 0 aliphatic carbocycles. The van der Waals surface area contributed by atoms with Crippen molar-refractivity contribution in [2.75, 3.05) is 12.4 Å². The monoisotopic (exact) mass is 269 g/mol. The summed E-state index contributed by atoms with van der Waals surface area (Å²) in [6, 6.07) is 1.22. The number of aromatic nitrogens is 1. The molecule has 98 valence electrons. The predicted octanol–water partition coefficient (Wildman–Crippen LogP) is 0.712. The van der Waals surface area contributed by atoms with Crippen LogP contribution < -0.4 is 10.2 Å². The molecule has 1 heterocycles. The fourth-order valence-electron chi connectivity index (χ4n) is 1.32. The van der Waals surface area contributed by atoms with Gasteiger partial charge in [-0.2, -0.15) is 0 Å². The summed E-state index contributed by atoms with van der Waals surface area (Å²) in [5.74, 6) is 1.65. The average molecular weight is 269 g/mol. The highest BCUT2D eigenvalue weighted by atomic mass is 32.2. The van der Waals surface area contributed by atoms with E-state index in [0.29, 0.717) is 12.3 Å². The second-order valence-electron chi connectivity index (χ2n) is 3.77. The van der Waals surface area contributed by atoms with E-state index in [1.54, 1.807) is 0 Å². The summed E-state index contributed by atoms with van der Waals surface area (Å²) in [6.07, 6.45) is 7.12. The minimum absolute atomic E-state index is 0.190. The Hall–Kier alpha value is -1.74. The van der Waals surface area contributed by atoms with Crippen LogP contribution in [-0.4, -0.2) is 25.8 Å². The van der Waals surface area contributed by atoms with Crippen molar-refractivity contribution in [1.82, 2.24) is 4.98 Å². The molecule has 0 aliphatic rings. The first-order valence-electron chi connectivity index (χ1n) is 5.47. The summed E-state index contributed by atoms with van der Waals surface area (Å²) < 4.78 is 28.1. The molecule has 0 atom stereocenters. The second-order valence-corrected chi connectivity index (χ2v) is 5.84. The molecule has 0 fully saturated rings. The third-order valence-corrected chi connectivity index (χ3v) is 3.43. The summed E-state index contributed by atoms with van der Waals surface area (Å²) >= 11 is 0. The number of sulfone groups is 1. The molecule has 1 rings (SSSR count). The van der Waals surface area contributed by atoms with Gasteiger partial charge in [0.25, 0.3) is 0 Å². The average Bonchev–Trinajstić information content (AvgIpc) is 2.27. The van der Waals surface area contributed by atoms with Gasteiger partial charge in [0.1, 0.15) is 5.75 Å². The molecule has 0 unspecified atom stereocenters. The van der Waals surface area contributed by atoms with E-state index in [-0.39, 0.29) is 22.7 Å². The minimum atomic E-state index is -3.38. The summed E-state index contributed by atoms with van der Waals surface area (Å²) in [5.41, 5.74) is -0.0350. The molecule has 0 saturated carbocycles. The smallest absolute Gasteiger partial charge is 0.223 e. The Balaban J connectivity index is 2.86. The van der Waals surface area contributed by atoms with Crippen molar-refractivity contribution in [1.29, 1.82) is 0 Å². The van der Waals surface area contributed by atoms with E-state index < -0.39 is 9.84 Å². The molecule has 0 saturated heterocycles. The lowest BCUT2D eigenvalue weighted by Gasteiger charge is -2.05. The van der Waals surface area contributed by atoms with Gasteiger partial charge in [-0.05, 0) is 6.42 Å². The first-order valence-corrected chi connectivity index (χ1v) is 7.29. The number of aromatic amines is 1. The van der Waals surface area contributed by atoms with Crippen molar-refractivity contribution in [2.24, 2.45) is 0 Å². The molecule has 18 heavy (non-hydrogen) atoms. The van der Waals surface area contributed by atoms with Crippen molar-refractivity contribution in [3.63, 3.8) is 0 Å². The van der Waals surface area contributed by atoms with Crippen molar-refractivity contribution in [3.8, 4) is 18.1 Å². The summed E-state index contributed by atoms with van der Waals surface area (Å²) in [4.78, 5) is 14.3. The van der Waals surface area contributed by atoms with Gasteiger partial charge in [0.2, 0.25) is 5.43 Å². The zero-order chi connectivity index (χ0) is 13.6. The maximum atomic E-state index is 11.6. The fourth-order valence-corrected chi connectivity index (χ4v) is 2.32. The number of nitrogens with one attached hydrogen (secondary N) is 1. The van der Waals surface area contributed by atoms with Gasteiger partial charge in [-0.1, -0.05) is 12.8 Å². The highest BCUT2D eigenvalue weighted by molar-refractivity contribution is 7.90. The molecular weight excluding hydrogens is 254 g/mol. The normalized spacial score (nSPS) is 10.9.